The summed E-state index contributed by atoms with van der Waals surface area (Å²) >= 11 is 0. The van der Waals surface area contributed by atoms with Gasteiger partial charge in [-0.3, -0.25) is 0 Å². The van der Waals surface area contributed by atoms with Crippen LogP contribution in [0.25, 0.3) is 0 Å². The molecule has 0 radical (unpaired) electrons. The SMILES string of the molecule is C#CCOC/C=C/CN(CC#C)S(C)(=O)=O. The molecule has 0 aliphatic carbocycles. The van der Waals surface area contributed by atoms with Gasteiger partial charge in [-0.05, 0) is 0 Å². The van der Waals surface area contributed by atoms with Crippen molar-refractivity contribution < 1.29 is 13.2 Å². The number of hydrogen-bond acceptors (Lipinski definition) is 3. The molecule has 0 unspecified atom stereocenters. The van der Waals surface area contributed by atoms with Crippen molar-refractivity contribution >= 4 is 10.0 Å². The summed E-state index contributed by atoms with van der Waals surface area (Å²) in [5, 5.41) is 0. The molecule has 0 aromatic carbocycles. The number of terminal acetylenes is 2. The van der Waals surface area contributed by atoms with E-state index in [1.165, 1.54) is 4.31 Å². The van der Waals surface area contributed by atoms with E-state index in [2.05, 4.69) is 11.8 Å². The highest BCUT2D eigenvalue weighted by Crippen LogP contribution is 1.96. The molecule has 0 aliphatic rings. The van der Waals surface area contributed by atoms with Crippen LogP contribution in [0, 0.1) is 24.7 Å². The normalized spacial score (nSPS) is 11.5. The second-order valence-electron chi connectivity index (χ2n) is 2.95. The summed E-state index contributed by atoms with van der Waals surface area (Å²) in [4.78, 5) is 0. The third kappa shape index (κ3) is 7.08. The summed E-state index contributed by atoms with van der Waals surface area (Å²) in [5.74, 6) is 4.61. The number of sulfonamides is 1. The van der Waals surface area contributed by atoms with Crippen molar-refractivity contribution in [3.8, 4) is 24.7 Å². The van der Waals surface area contributed by atoms with Crippen molar-refractivity contribution in [2.75, 3.05) is 32.6 Å². The van der Waals surface area contributed by atoms with Gasteiger partial charge in [-0.2, -0.15) is 4.31 Å². The van der Waals surface area contributed by atoms with Gasteiger partial charge in [0.15, 0.2) is 0 Å². The highest BCUT2D eigenvalue weighted by Gasteiger charge is 2.12. The van der Waals surface area contributed by atoms with Gasteiger partial charge in [0, 0.05) is 6.54 Å². The molecule has 0 spiro atoms. The third-order valence-electron chi connectivity index (χ3n) is 1.61. The lowest BCUT2D eigenvalue weighted by molar-refractivity contribution is 0.199. The van der Waals surface area contributed by atoms with E-state index in [4.69, 9.17) is 17.6 Å². The van der Waals surface area contributed by atoms with Gasteiger partial charge in [0.2, 0.25) is 10.0 Å². The molecule has 88 valence electrons. The van der Waals surface area contributed by atoms with Gasteiger partial charge in [0.25, 0.3) is 0 Å². The molecular formula is C11H15NO3S. The second kappa shape index (κ2) is 7.95. The van der Waals surface area contributed by atoms with Crippen LogP contribution < -0.4 is 0 Å². The molecule has 0 aromatic rings. The Hall–Kier alpha value is -1.27. The van der Waals surface area contributed by atoms with Gasteiger partial charge >= 0.3 is 0 Å². The lowest BCUT2D eigenvalue weighted by atomic mass is 10.5. The van der Waals surface area contributed by atoms with Crippen molar-refractivity contribution in [1.82, 2.24) is 4.31 Å². The lowest BCUT2D eigenvalue weighted by Crippen LogP contribution is -2.30. The maximum absolute atomic E-state index is 11.2. The number of rotatable bonds is 7. The summed E-state index contributed by atoms with van der Waals surface area (Å²) in [7, 11) is -3.26. The molecule has 0 atom stereocenters. The fourth-order valence-corrected chi connectivity index (χ4v) is 1.53. The zero-order valence-corrected chi connectivity index (χ0v) is 10.0. The summed E-state index contributed by atoms with van der Waals surface area (Å²) in [6.45, 7) is 0.902. The van der Waals surface area contributed by atoms with Crippen LogP contribution >= 0.6 is 0 Å². The molecule has 4 nitrogen and oxygen atoms in total. The quantitative estimate of drug-likeness (QED) is 0.360. The maximum Gasteiger partial charge on any atom is 0.212 e. The van der Waals surface area contributed by atoms with Crippen LogP contribution in [-0.2, 0) is 14.8 Å². The molecule has 0 amide bonds. The van der Waals surface area contributed by atoms with E-state index in [1.807, 2.05) is 0 Å². The van der Waals surface area contributed by atoms with Gasteiger partial charge in [0.05, 0.1) is 19.4 Å². The van der Waals surface area contributed by atoms with E-state index >= 15 is 0 Å². The first-order chi connectivity index (χ1) is 7.52. The third-order valence-corrected chi connectivity index (χ3v) is 2.83. The molecule has 0 aromatic heterocycles. The Morgan fingerprint density at radius 2 is 2.00 bits per heavy atom. The zero-order valence-electron chi connectivity index (χ0n) is 9.22. The Labute approximate surface area is 97.3 Å². The average Bonchev–Trinajstić information content (AvgIpc) is 2.20. The van der Waals surface area contributed by atoms with Crippen LogP contribution in [0.5, 0.6) is 0 Å². The predicted octanol–water partition coefficient (Wildman–Crippen LogP) is 0.0872. The first kappa shape index (κ1) is 14.7. The molecule has 0 rings (SSSR count). The molecule has 0 aliphatic heterocycles. The topological polar surface area (TPSA) is 46.6 Å². The van der Waals surface area contributed by atoms with E-state index in [0.717, 1.165) is 6.26 Å². The molecule has 5 heteroatoms. The number of ether oxygens (including phenoxy) is 1. The average molecular weight is 241 g/mol. The fourth-order valence-electron chi connectivity index (χ4n) is 0.865. The molecule has 0 saturated heterocycles. The van der Waals surface area contributed by atoms with Gasteiger partial charge in [0.1, 0.15) is 6.61 Å². The summed E-state index contributed by atoms with van der Waals surface area (Å²) in [5.41, 5.74) is 0. The van der Waals surface area contributed by atoms with E-state index in [9.17, 15) is 8.42 Å². The van der Waals surface area contributed by atoms with Crippen molar-refractivity contribution in [2.24, 2.45) is 0 Å². The van der Waals surface area contributed by atoms with Crippen LogP contribution in [-0.4, -0.2) is 45.3 Å². The Morgan fingerprint density at radius 1 is 1.31 bits per heavy atom. The Morgan fingerprint density at radius 3 is 2.50 bits per heavy atom. The van der Waals surface area contributed by atoms with Crippen molar-refractivity contribution in [2.45, 2.75) is 0 Å². The van der Waals surface area contributed by atoms with Gasteiger partial charge in [-0.1, -0.05) is 24.0 Å². The Kier molecular flexibility index (Phi) is 7.32. The lowest BCUT2D eigenvalue weighted by Gasteiger charge is -2.14. The standard InChI is InChI=1S/C11H15NO3S/c1-4-8-12(16(3,13)14)9-6-7-11-15-10-5-2/h1-2,6-7H,8-11H2,3H3/b7-6+. The Bertz CT molecular complexity index is 398. The van der Waals surface area contributed by atoms with Gasteiger partial charge in [-0.15, -0.1) is 12.8 Å². The fraction of sp³-hybridized carbons (Fsp3) is 0.455. The second-order valence-corrected chi connectivity index (χ2v) is 4.93. The summed E-state index contributed by atoms with van der Waals surface area (Å²) in [6.07, 6.45) is 14.5. The molecule has 0 heterocycles. The maximum atomic E-state index is 11.2. The zero-order chi connectivity index (χ0) is 12.4. The largest absolute Gasteiger partial charge is 0.365 e. The van der Waals surface area contributed by atoms with Crippen LogP contribution in [0.4, 0.5) is 0 Å². The van der Waals surface area contributed by atoms with Crippen LogP contribution in [0.3, 0.4) is 0 Å². The first-order valence-corrected chi connectivity index (χ1v) is 6.42. The highest BCUT2D eigenvalue weighted by molar-refractivity contribution is 7.88. The van der Waals surface area contributed by atoms with E-state index in [1.54, 1.807) is 12.2 Å². The highest BCUT2D eigenvalue weighted by atomic mass is 32.2. The van der Waals surface area contributed by atoms with E-state index in [-0.39, 0.29) is 19.7 Å². The van der Waals surface area contributed by atoms with Crippen molar-refractivity contribution in [1.29, 1.82) is 0 Å². The number of hydrogen-bond donors (Lipinski definition) is 0. The smallest absolute Gasteiger partial charge is 0.212 e. The Balaban J connectivity index is 4.05. The van der Waals surface area contributed by atoms with Crippen LogP contribution in [0.1, 0.15) is 0 Å². The minimum absolute atomic E-state index is 0.0639. The van der Waals surface area contributed by atoms with E-state index < -0.39 is 10.0 Å². The minimum Gasteiger partial charge on any atom is -0.365 e. The molecule has 0 saturated carbocycles. The minimum atomic E-state index is -3.26. The molecular weight excluding hydrogens is 226 g/mol. The first-order valence-electron chi connectivity index (χ1n) is 4.57. The molecule has 16 heavy (non-hydrogen) atoms. The van der Waals surface area contributed by atoms with Crippen LogP contribution in [0.2, 0.25) is 0 Å². The summed E-state index contributed by atoms with van der Waals surface area (Å²) < 4.78 is 28.6. The van der Waals surface area contributed by atoms with E-state index in [0.29, 0.717) is 6.61 Å². The van der Waals surface area contributed by atoms with Gasteiger partial charge < -0.3 is 4.74 Å². The monoisotopic (exact) mass is 241 g/mol. The van der Waals surface area contributed by atoms with Crippen molar-refractivity contribution in [3.63, 3.8) is 0 Å². The van der Waals surface area contributed by atoms with Crippen LogP contribution in [0.15, 0.2) is 12.2 Å². The van der Waals surface area contributed by atoms with Crippen molar-refractivity contribution in [3.05, 3.63) is 12.2 Å². The van der Waals surface area contributed by atoms with Gasteiger partial charge in [-0.25, -0.2) is 8.42 Å². The molecule has 0 N–H and O–H groups in total. The molecule has 0 fully saturated rings. The predicted molar refractivity (Wildman–Crippen MR) is 64.0 cm³/mol. The molecule has 0 bridgehead atoms. The number of nitrogens with zero attached hydrogens (tertiary/aromatic N) is 1. The summed E-state index contributed by atoms with van der Waals surface area (Å²) in [6, 6.07) is 0.